The van der Waals surface area contributed by atoms with Crippen molar-refractivity contribution < 1.29 is 24.2 Å². The molecule has 10 nitrogen and oxygen atoms in total. The van der Waals surface area contributed by atoms with Gasteiger partial charge in [-0.1, -0.05) is 29.3 Å². The minimum atomic E-state index is -1.04. The summed E-state index contributed by atoms with van der Waals surface area (Å²) in [6.45, 7) is 13.5. The summed E-state index contributed by atoms with van der Waals surface area (Å²) in [5.41, 5.74) is 10.4. The molecule has 0 spiro atoms. The molecule has 0 saturated heterocycles. The Labute approximate surface area is 324 Å². The normalized spacial score (nSPS) is 14.4. The summed E-state index contributed by atoms with van der Waals surface area (Å²) in [6, 6.07) is 13.3. The number of aryl methyl sites for hydroxylation is 6. The molecule has 1 amide bonds. The van der Waals surface area contributed by atoms with E-state index in [-0.39, 0.29) is 17.6 Å². The van der Waals surface area contributed by atoms with Gasteiger partial charge in [0.05, 0.1) is 40.7 Å². The standard InChI is InChI=1S/C42H45Cl2N5O5/c1-22-16-28-20-34(42(51)52)47(13-15-53-8)38(28)33(17-22)48-21-25(4)49-39-31(11-12-32(43)36(39)35-26(5)45-46(7)27(35)6)30(40(49)41(48)50)10-9-14-54-29-18-23(2)37(44)24(3)19-29/h11-12,16-20,25H,9-10,13-15,21H2,1-8H3,(H,51,52). The minimum absolute atomic E-state index is 0.147. The zero-order valence-corrected chi connectivity index (χ0v) is 33.4. The Morgan fingerprint density at radius 2 is 1.70 bits per heavy atom. The largest absolute Gasteiger partial charge is 0.494 e. The number of carboxylic acid groups (broad SMARTS) is 1. The molecule has 12 heteroatoms. The first-order valence-corrected chi connectivity index (χ1v) is 18.9. The van der Waals surface area contributed by atoms with Crippen LogP contribution >= 0.6 is 23.2 Å². The Morgan fingerprint density at radius 1 is 0.981 bits per heavy atom. The number of fused-ring (bicyclic) bond motifs is 4. The molecule has 1 N–H and O–H groups in total. The highest BCUT2D eigenvalue weighted by molar-refractivity contribution is 6.35. The molecule has 0 saturated carbocycles. The molecule has 0 bridgehead atoms. The van der Waals surface area contributed by atoms with Gasteiger partial charge < -0.3 is 28.6 Å². The van der Waals surface area contributed by atoms with Gasteiger partial charge >= 0.3 is 5.97 Å². The number of rotatable bonds is 11. The molecule has 6 aromatic rings. The van der Waals surface area contributed by atoms with Crippen molar-refractivity contribution in [3.8, 4) is 16.9 Å². The summed E-state index contributed by atoms with van der Waals surface area (Å²) in [5.74, 6) is -0.441. The fourth-order valence-corrected chi connectivity index (χ4v) is 8.63. The summed E-state index contributed by atoms with van der Waals surface area (Å²) >= 11 is 13.5. The van der Waals surface area contributed by atoms with E-state index in [1.54, 1.807) is 17.7 Å². The maximum absolute atomic E-state index is 15.3. The molecule has 1 unspecified atom stereocenters. The van der Waals surface area contributed by atoms with Gasteiger partial charge in [0.2, 0.25) is 0 Å². The van der Waals surface area contributed by atoms with Gasteiger partial charge in [0, 0.05) is 65.9 Å². The molecule has 3 aromatic heterocycles. The summed E-state index contributed by atoms with van der Waals surface area (Å²) in [7, 11) is 3.51. The molecule has 0 radical (unpaired) electrons. The van der Waals surface area contributed by atoms with E-state index in [1.807, 2.05) is 87.6 Å². The van der Waals surface area contributed by atoms with Crippen LogP contribution in [0, 0.1) is 34.6 Å². The van der Waals surface area contributed by atoms with E-state index < -0.39 is 5.97 Å². The highest BCUT2D eigenvalue weighted by Crippen LogP contribution is 2.46. The molecule has 0 fully saturated rings. The first-order valence-electron chi connectivity index (χ1n) is 18.2. The number of benzene rings is 3. The maximum atomic E-state index is 15.3. The van der Waals surface area contributed by atoms with Crippen molar-refractivity contribution in [1.82, 2.24) is 18.9 Å². The number of aromatic carboxylic acids is 1. The third-order valence-corrected chi connectivity index (χ3v) is 11.6. The molecule has 1 aliphatic rings. The van der Waals surface area contributed by atoms with Gasteiger partial charge in [0.15, 0.2) is 0 Å². The molecule has 3 aromatic carbocycles. The number of ether oxygens (including phenoxy) is 2. The summed E-state index contributed by atoms with van der Waals surface area (Å²) in [4.78, 5) is 29.6. The summed E-state index contributed by atoms with van der Waals surface area (Å²) in [6.07, 6.45) is 1.22. The van der Waals surface area contributed by atoms with E-state index in [0.29, 0.717) is 61.1 Å². The zero-order chi connectivity index (χ0) is 38.7. The second-order valence-corrected chi connectivity index (χ2v) is 15.3. The first kappa shape index (κ1) is 37.5. The Morgan fingerprint density at radius 3 is 2.35 bits per heavy atom. The van der Waals surface area contributed by atoms with Gasteiger partial charge in [-0.2, -0.15) is 5.10 Å². The lowest BCUT2D eigenvalue weighted by molar-refractivity contribution is 0.0683. The molecule has 282 valence electrons. The second-order valence-electron chi connectivity index (χ2n) is 14.5. The average Bonchev–Trinajstić information content (AvgIpc) is 3.74. The van der Waals surface area contributed by atoms with Crippen LogP contribution in [0.5, 0.6) is 5.75 Å². The van der Waals surface area contributed by atoms with Crippen molar-refractivity contribution in [3.63, 3.8) is 0 Å². The highest BCUT2D eigenvalue weighted by atomic mass is 35.5. The number of anilines is 1. The molecule has 1 atom stereocenters. The van der Waals surface area contributed by atoms with Crippen LogP contribution in [-0.4, -0.2) is 62.8 Å². The topological polar surface area (TPSA) is 104 Å². The van der Waals surface area contributed by atoms with Crippen LogP contribution in [-0.2, 0) is 24.8 Å². The van der Waals surface area contributed by atoms with Gasteiger partial charge in [-0.3, -0.25) is 9.48 Å². The maximum Gasteiger partial charge on any atom is 0.352 e. The van der Waals surface area contributed by atoms with E-state index >= 15 is 4.79 Å². The van der Waals surface area contributed by atoms with E-state index in [2.05, 4.69) is 11.5 Å². The zero-order valence-electron chi connectivity index (χ0n) is 31.9. The van der Waals surface area contributed by atoms with Crippen molar-refractivity contribution in [1.29, 1.82) is 0 Å². The number of halogens is 2. The molecule has 54 heavy (non-hydrogen) atoms. The van der Waals surface area contributed by atoms with Crippen LogP contribution < -0.4 is 9.64 Å². The predicted molar refractivity (Wildman–Crippen MR) is 215 cm³/mol. The van der Waals surface area contributed by atoms with Crippen molar-refractivity contribution in [2.75, 3.05) is 31.8 Å². The Hall–Kier alpha value is -4.77. The van der Waals surface area contributed by atoms with Crippen molar-refractivity contribution in [2.24, 2.45) is 7.05 Å². The smallest absolute Gasteiger partial charge is 0.352 e. The number of nitrogens with zero attached hydrogens (tertiary/aromatic N) is 5. The lowest BCUT2D eigenvalue weighted by Gasteiger charge is -2.35. The number of carboxylic acids is 1. The van der Waals surface area contributed by atoms with Gasteiger partial charge in [-0.15, -0.1) is 0 Å². The van der Waals surface area contributed by atoms with E-state index in [4.69, 9.17) is 37.8 Å². The highest BCUT2D eigenvalue weighted by Gasteiger charge is 2.38. The second kappa shape index (κ2) is 14.5. The van der Waals surface area contributed by atoms with Gasteiger partial charge in [-0.25, -0.2) is 4.79 Å². The van der Waals surface area contributed by atoms with Crippen LogP contribution in [0.3, 0.4) is 0 Å². The van der Waals surface area contributed by atoms with Crippen LogP contribution in [0.1, 0.15) is 74.0 Å². The van der Waals surface area contributed by atoms with Crippen LogP contribution in [0.25, 0.3) is 32.9 Å². The molecular formula is C42H45Cl2N5O5. The molecule has 1 aliphatic heterocycles. The van der Waals surface area contributed by atoms with Crippen molar-refractivity contribution >= 4 is 62.6 Å². The number of hydrogen-bond acceptors (Lipinski definition) is 5. The first-order chi connectivity index (χ1) is 25.7. The third-order valence-electron chi connectivity index (χ3n) is 10.7. The SMILES string of the molecule is COCCn1c(C(=O)O)cc2cc(C)cc(N3CC(C)n4c(c(CCCOc5cc(C)c(Cl)c(C)c5)c5ccc(Cl)c(-c6c(C)nn(C)c6C)c54)C3=O)c21. The van der Waals surface area contributed by atoms with E-state index in [9.17, 15) is 9.90 Å². The Balaban J connectivity index is 1.40. The Kier molecular flexibility index (Phi) is 10.1. The Bertz CT molecular complexity index is 2470. The molecule has 0 aliphatic carbocycles. The number of aromatic nitrogens is 4. The number of carbonyl (C=O) groups is 2. The van der Waals surface area contributed by atoms with Crippen LogP contribution in [0.15, 0.2) is 42.5 Å². The van der Waals surface area contributed by atoms with Crippen molar-refractivity contribution in [2.45, 2.75) is 67.0 Å². The van der Waals surface area contributed by atoms with E-state index in [1.165, 1.54) is 0 Å². The monoisotopic (exact) mass is 769 g/mol. The van der Waals surface area contributed by atoms with Gasteiger partial charge in [0.1, 0.15) is 17.1 Å². The predicted octanol–water partition coefficient (Wildman–Crippen LogP) is 9.42. The van der Waals surface area contributed by atoms with E-state index in [0.717, 1.165) is 71.8 Å². The summed E-state index contributed by atoms with van der Waals surface area (Å²) in [5, 5.41) is 18.0. The summed E-state index contributed by atoms with van der Waals surface area (Å²) < 4.78 is 17.4. The molecule has 4 heterocycles. The fourth-order valence-electron chi connectivity index (χ4n) is 8.27. The van der Waals surface area contributed by atoms with Crippen LogP contribution in [0.4, 0.5) is 5.69 Å². The third kappa shape index (κ3) is 6.24. The number of amides is 1. The van der Waals surface area contributed by atoms with Crippen molar-refractivity contribution in [3.05, 3.63) is 97.5 Å². The quantitative estimate of drug-likeness (QED) is 0.132. The van der Waals surface area contributed by atoms with Gasteiger partial charge in [-0.05, 0) is 113 Å². The number of carbonyl (C=O) groups excluding carboxylic acids is 1. The van der Waals surface area contributed by atoms with Gasteiger partial charge in [0.25, 0.3) is 5.91 Å². The minimum Gasteiger partial charge on any atom is -0.494 e. The molecular weight excluding hydrogens is 725 g/mol. The van der Waals surface area contributed by atoms with Crippen LogP contribution in [0.2, 0.25) is 10.0 Å². The lowest BCUT2D eigenvalue weighted by atomic mass is 9.98. The molecule has 7 rings (SSSR count). The fraction of sp³-hybridized carbons (Fsp3) is 0.357. The number of hydrogen-bond donors (Lipinski definition) is 1. The average molecular weight is 771 g/mol. The number of methoxy groups -OCH3 is 1. The lowest BCUT2D eigenvalue weighted by Crippen LogP contribution is -2.43.